The minimum absolute atomic E-state index is 0. The zero-order valence-electron chi connectivity index (χ0n) is 8.86. The molecule has 0 saturated heterocycles. The summed E-state index contributed by atoms with van der Waals surface area (Å²) in [7, 11) is 0. The molecule has 0 aliphatic heterocycles. The number of nitrogens with one attached hydrogen (secondary N) is 1. The standard InChI is InChI=1S/C11H18N2O.H2/c1-8(2)9-3-10(4-9)12-5-11-6-14-7-13-11;/h6-10,12H,3-5H2,1-2H3;1H. The zero-order chi connectivity index (χ0) is 9.97. The number of hydrogen-bond donors (Lipinski definition) is 1. The molecule has 0 amide bonds. The molecule has 3 nitrogen and oxygen atoms in total. The van der Waals surface area contributed by atoms with E-state index in [0.717, 1.165) is 24.1 Å². The Labute approximate surface area is 86.4 Å². The monoisotopic (exact) mass is 196 g/mol. The molecule has 0 spiro atoms. The lowest BCUT2D eigenvalue weighted by Crippen LogP contribution is -2.42. The summed E-state index contributed by atoms with van der Waals surface area (Å²) in [5.41, 5.74) is 0.998. The van der Waals surface area contributed by atoms with E-state index in [4.69, 9.17) is 4.42 Å². The Kier molecular flexibility index (Phi) is 2.87. The lowest BCUT2D eigenvalue weighted by atomic mass is 9.74. The molecule has 1 saturated carbocycles. The number of rotatable bonds is 4. The molecular formula is C11H20N2O. The van der Waals surface area contributed by atoms with Crippen LogP contribution in [0.4, 0.5) is 0 Å². The van der Waals surface area contributed by atoms with Crippen LogP contribution >= 0.6 is 0 Å². The third-order valence-corrected chi connectivity index (χ3v) is 3.17. The van der Waals surface area contributed by atoms with E-state index < -0.39 is 0 Å². The van der Waals surface area contributed by atoms with Crippen molar-refractivity contribution in [2.24, 2.45) is 11.8 Å². The zero-order valence-corrected chi connectivity index (χ0v) is 8.86. The molecule has 1 fully saturated rings. The molecule has 2 rings (SSSR count). The SMILES string of the molecule is CC(C)C1CC(NCc2cocn2)C1.[HH]. The Morgan fingerprint density at radius 1 is 1.64 bits per heavy atom. The van der Waals surface area contributed by atoms with E-state index >= 15 is 0 Å². The van der Waals surface area contributed by atoms with Crippen LogP contribution in [-0.4, -0.2) is 11.0 Å². The molecule has 1 aromatic heterocycles. The fraction of sp³-hybridized carbons (Fsp3) is 0.727. The smallest absolute Gasteiger partial charge is 0.180 e. The second-order valence-electron chi connectivity index (χ2n) is 4.53. The molecule has 1 aliphatic rings. The lowest BCUT2D eigenvalue weighted by molar-refractivity contribution is 0.167. The van der Waals surface area contributed by atoms with Gasteiger partial charge in [-0.05, 0) is 24.7 Å². The number of nitrogens with zero attached hydrogens (tertiary/aromatic N) is 1. The summed E-state index contributed by atoms with van der Waals surface area (Å²) in [5.74, 6) is 1.75. The summed E-state index contributed by atoms with van der Waals surface area (Å²) in [6.07, 6.45) is 5.81. The summed E-state index contributed by atoms with van der Waals surface area (Å²) < 4.78 is 4.91. The molecule has 1 heterocycles. The van der Waals surface area contributed by atoms with Gasteiger partial charge in [-0.3, -0.25) is 0 Å². The first-order valence-corrected chi connectivity index (χ1v) is 5.36. The molecule has 0 unspecified atom stereocenters. The molecule has 0 bridgehead atoms. The van der Waals surface area contributed by atoms with Crippen molar-refractivity contribution in [2.75, 3.05) is 0 Å². The Bertz CT molecular complexity index is 268. The average molecular weight is 196 g/mol. The summed E-state index contributed by atoms with van der Waals surface area (Å²) in [6, 6.07) is 0.694. The normalized spacial score (nSPS) is 26.5. The Hall–Kier alpha value is -0.830. The van der Waals surface area contributed by atoms with Crippen molar-refractivity contribution in [3.63, 3.8) is 0 Å². The highest BCUT2D eigenvalue weighted by Gasteiger charge is 2.30. The van der Waals surface area contributed by atoms with Gasteiger partial charge in [0.2, 0.25) is 0 Å². The Morgan fingerprint density at radius 3 is 3.00 bits per heavy atom. The van der Waals surface area contributed by atoms with Crippen LogP contribution in [0.1, 0.15) is 33.8 Å². The van der Waals surface area contributed by atoms with Crippen molar-refractivity contribution in [1.29, 1.82) is 0 Å². The van der Waals surface area contributed by atoms with Gasteiger partial charge < -0.3 is 9.73 Å². The highest BCUT2D eigenvalue weighted by molar-refractivity contribution is 4.93. The van der Waals surface area contributed by atoms with E-state index in [1.807, 2.05) is 0 Å². The van der Waals surface area contributed by atoms with E-state index in [-0.39, 0.29) is 1.43 Å². The molecule has 0 atom stereocenters. The van der Waals surface area contributed by atoms with Gasteiger partial charge in [-0.2, -0.15) is 0 Å². The van der Waals surface area contributed by atoms with Crippen molar-refractivity contribution >= 4 is 0 Å². The molecule has 0 aromatic carbocycles. The number of aromatic nitrogens is 1. The van der Waals surface area contributed by atoms with Gasteiger partial charge in [0, 0.05) is 14.0 Å². The van der Waals surface area contributed by atoms with E-state index in [0.29, 0.717) is 6.04 Å². The van der Waals surface area contributed by atoms with Gasteiger partial charge in [0.25, 0.3) is 0 Å². The quantitative estimate of drug-likeness (QED) is 0.803. The maximum atomic E-state index is 4.91. The highest BCUT2D eigenvalue weighted by Crippen LogP contribution is 2.33. The topological polar surface area (TPSA) is 38.1 Å². The van der Waals surface area contributed by atoms with Crippen molar-refractivity contribution in [1.82, 2.24) is 10.3 Å². The van der Waals surface area contributed by atoms with Crippen molar-refractivity contribution in [2.45, 2.75) is 39.3 Å². The van der Waals surface area contributed by atoms with Crippen LogP contribution in [0.3, 0.4) is 0 Å². The first-order valence-electron chi connectivity index (χ1n) is 5.36. The molecule has 1 N–H and O–H groups in total. The molecular weight excluding hydrogens is 176 g/mol. The summed E-state index contributed by atoms with van der Waals surface area (Å²) in [6.45, 7) is 5.45. The van der Waals surface area contributed by atoms with Crippen LogP contribution < -0.4 is 5.32 Å². The van der Waals surface area contributed by atoms with Crippen LogP contribution in [0, 0.1) is 11.8 Å². The molecule has 1 aromatic rings. The molecule has 14 heavy (non-hydrogen) atoms. The highest BCUT2D eigenvalue weighted by atomic mass is 16.3. The Morgan fingerprint density at radius 2 is 2.43 bits per heavy atom. The van der Waals surface area contributed by atoms with Gasteiger partial charge in [-0.1, -0.05) is 13.8 Å². The lowest BCUT2D eigenvalue weighted by Gasteiger charge is -2.38. The van der Waals surface area contributed by atoms with Gasteiger partial charge in [0.1, 0.15) is 6.26 Å². The summed E-state index contributed by atoms with van der Waals surface area (Å²) >= 11 is 0. The van der Waals surface area contributed by atoms with Crippen LogP contribution in [0.15, 0.2) is 17.1 Å². The van der Waals surface area contributed by atoms with Gasteiger partial charge in [-0.25, -0.2) is 4.98 Å². The van der Waals surface area contributed by atoms with Crippen LogP contribution in [-0.2, 0) is 6.54 Å². The molecule has 1 aliphatic carbocycles. The number of hydrogen-bond acceptors (Lipinski definition) is 3. The van der Waals surface area contributed by atoms with Gasteiger partial charge >= 0.3 is 0 Å². The third-order valence-electron chi connectivity index (χ3n) is 3.17. The second kappa shape index (κ2) is 4.13. The minimum Gasteiger partial charge on any atom is -0.451 e. The van der Waals surface area contributed by atoms with E-state index in [1.54, 1.807) is 6.26 Å². The second-order valence-corrected chi connectivity index (χ2v) is 4.53. The van der Waals surface area contributed by atoms with Crippen molar-refractivity contribution < 1.29 is 5.84 Å². The molecule has 0 radical (unpaired) electrons. The van der Waals surface area contributed by atoms with E-state index in [2.05, 4.69) is 24.1 Å². The predicted molar refractivity (Wildman–Crippen MR) is 56.8 cm³/mol. The first-order chi connectivity index (χ1) is 6.75. The minimum atomic E-state index is 0. The van der Waals surface area contributed by atoms with Crippen LogP contribution in [0.5, 0.6) is 0 Å². The van der Waals surface area contributed by atoms with Crippen LogP contribution in [0.2, 0.25) is 0 Å². The maximum absolute atomic E-state index is 4.91. The third kappa shape index (κ3) is 2.15. The van der Waals surface area contributed by atoms with Gasteiger partial charge in [0.15, 0.2) is 6.39 Å². The fourth-order valence-electron chi connectivity index (χ4n) is 1.95. The largest absolute Gasteiger partial charge is 0.451 e. The number of oxazole rings is 1. The molecule has 80 valence electrons. The Balaban J connectivity index is 0.00000112. The van der Waals surface area contributed by atoms with E-state index in [1.165, 1.54) is 19.2 Å². The summed E-state index contributed by atoms with van der Waals surface area (Å²) in [4.78, 5) is 4.07. The van der Waals surface area contributed by atoms with Crippen LogP contribution in [0.25, 0.3) is 0 Å². The molecule has 3 heteroatoms. The summed E-state index contributed by atoms with van der Waals surface area (Å²) in [5, 5.41) is 3.48. The maximum Gasteiger partial charge on any atom is 0.180 e. The fourth-order valence-corrected chi connectivity index (χ4v) is 1.95. The van der Waals surface area contributed by atoms with E-state index in [9.17, 15) is 0 Å². The van der Waals surface area contributed by atoms with Crippen molar-refractivity contribution in [3.8, 4) is 0 Å². The first kappa shape index (κ1) is 9.71. The predicted octanol–water partition coefficient (Wildman–Crippen LogP) is 2.44. The van der Waals surface area contributed by atoms with Crippen molar-refractivity contribution in [3.05, 3.63) is 18.4 Å². The van der Waals surface area contributed by atoms with Gasteiger partial charge in [0.05, 0.1) is 5.69 Å². The average Bonchev–Trinajstić information content (AvgIpc) is 2.52. The van der Waals surface area contributed by atoms with Gasteiger partial charge in [-0.15, -0.1) is 0 Å².